The second-order valence-electron chi connectivity index (χ2n) is 6.35. The van der Waals surface area contributed by atoms with Gasteiger partial charge in [-0.15, -0.1) is 0 Å². The molecule has 7 heteroatoms. The van der Waals surface area contributed by atoms with Crippen molar-refractivity contribution in [3.63, 3.8) is 0 Å². The summed E-state index contributed by atoms with van der Waals surface area (Å²) in [7, 11) is 3.02. The van der Waals surface area contributed by atoms with Gasteiger partial charge in [0, 0.05) is 23.2 Å². The zero-order chi connectivity index (χ0) is 19.4. The number of hydrogen-bond donors (Lipinski definition) is 1. The van der Waals surface area contributed by atoms with Crippen LogP contribution < -0.4 is 14.8 Å². The third-order valence-electron chi connectivity index (χ3n) is 4.77. The summed E-state index contributed by atoms with van der Waals surface area (Å²) in [5, 5.41) is 3.54. The molecule has 27 heavy (non-hydrogen) atoms. The topological polar surface area (TPSA) is 56.8 Å². The molecule has 0 aromatic heterocycles. The fourth-order valence-corrected chi connectivity index (χ4v) is 4.02. The molecule has 2 aromatic rings. The van der Waals surface area contributed by atoms with Gasteiger partial charge in [-0.05, 0) is 42.7 Å². The summed E-state index contributed by atoms with van der Waals surface area (Å²) in [6.07, 6.45) is 1.38. The van der Waals surface area contributed by atoms with E-state index in [4.69, 9.17) is 25.8 Å². The molecule has 0 aliphatic carbocycles. The fourth-order valence-electron chi connectivity index (χ4n) is 3.33. The highest BCUT2D eigenvalue weighted by Gasteiger charge is 2.36. The molecule has 144 valence electrons. The summed E-state index contributed by atoms with van der Waals surface area (Å²) in [5.41, 5.74) is 0.956. The quantitative estimate of drug-likeness (QED) is 0.720. The van der Waals surface area contributed by atoms with Crippen LogP contribution in [0.4, 0.5) is 0 Å². The molecule has 1 saturated heterocycles. The fraction of sp³-hybridized carbons (Fsp3) is 0.350. The molecular formula is C20H21BrClNO4. The Hall–Kier alpha value is -1.76. The maximum atomic E-state index is 13.1. The Morgan fingerprint density at radius 2 is 1.93 bits per heavy atom. The number of nitrogens with one attached hydrogen (secondary N) is 1. The number of halogens is 2. The molecule has 0 bridgehead atoms. The van der Waals surface area contributed by atoms with Gasteiger partial charge in [0.1, 0.15) is 0 Å². The lowest BCUT2D eigenvalue weighted by atomic mass is 9.82. The van der Waals surface area contributed by atoms with Crippen molar-refractivity contribution in [3.8, 4) is 11.5 Å². The van der Waals surface area contributed by atoms with Crippen LogP contribution in [0, 0.1) is 0 Å². The molecule has 3 rings (SSSR count). The van der Waals surface area contributed by atoms with Crippen molar-refractivity contribution in [2.24, 2.45) is 0 Å². The number of ether oxygens (including phenoxy) is 3. The molecule has 1 amide bonds. The average Bonchev–Trinajstić information content (AvgIpc) is 2.68. The van der Waals surface area contributed by atoms with Gasteiger partial charge in [0.05, 0.1) is 24.8 Å². The summed E-state index contributed by atoms with van der Waals surface area (Å²) in [5.74, 6) is 0.599. The van der Waals surface area contributed by atoms with Crippen LogP contribution in [0.25, 0.3) is 0 Å². The van der Waals surface area contributed by atoms with Crippen molar-refractivity contribution < 1.29 is 19.0 Å². The summed E-state index contributed by atoms with van der Waals surface area (Å²) in [6, 6.07) is 11.2. The minimum atomic E-state index is -0.501. The maximum absolute atomic E-state index is 13.1. The van der Waals surface area contributed by atoms with E-state index in [1.54, 1.807) is 12.1 Å². The number of benzene rings is 2. The maximum Gasteiger partial charge on any atom is 0.252 e. The Balaban J connectivity index is 1.95. The summed E-state index contributed by atoms with van der Waals surface area (Å²) >= 11 is 9.78. The first-order chi connectivity index (χ1) is 13.0. The van der Waals surface area contributed by atoms with Crippen molar-refractivity contribution in [2.75, 3.05) is 27.4 Å². The van der Waals surface area contributed by atoms with E-state index in [-0.39, 0.29) is 5.91 Å². The molecule has 5 nitrogen and oxygen atoms in total. The van der Waals surface area contributed by atoms with Crippen LogP contribution in [0.5, 0.6) is 11.5 Å². The summed E-state index contributed by atoms with van der Waals surface area (Å²) in [6.45, 7) is 1.17. The van der Waals surface area contributed by atoms with Crippen LogP contribution in [0.3, 0.4) is 0 Å². The van der Waals surface area contributed by atoms with Crippen molar-refractivity contribution in [1.29, 1.82) is 0 Å². The highest BCUT2D eigenvalue weighted by atomic mass is 79.9. The van der Waals surface area contributed by atoms with Crippen molar-refractivity contribution >= 4 is 33.4 Å². The third kappa shape index (κ3) is 4.23. The standard InChI is InChI=1S/C20H21BrClNO4/c1-25-17-11-13(10-16(22)18(17)26-2)19(24)23-20(6-8-27-9-7-20)14-4-3-5-15(21)12-14/h3-5,10-12H,6-9H2,1-2H3,(H,23,24). The van der Waals surface area contributed by atoms with Crippen molar-refractivity contribution in [2.45, 2.75) is 18.4 Å². The van der Waals surface area contributed by atoms with Crippen LogP contribution in [0.1, 0.15) is 28.8 Å². The van der Waals surface area contributed by atoms with Gasteiger partial charge in [-0.25, -0.2) is 0 Å². The number of carbonyl (C=O) groups is 1. The van der Waals surface area contributed by atoms with Crippen LogP contribution in [0.15, 0.2) is 40.9 Å². The van der Waals surface area contributed by atoms with Gasteiger partial charge in [-0.1, -0.05) is 39.7 Å². The number of methoxy groups -OCH3 is 2. The minimum absolute atomic E-state index is 0.222. The van der Waals surface area contributed by atoms with E-state index < -0.39 is 5.54 Å². The number of carbonyl (C=O) groups excluding carboxylic acids is 1. The molecule has 0 radical (unpaired) electrons. The molecular weight excluding hydrogens is 434 g/mol. The Morgan fingerprint density at radius 3 is 2.56 bits per heavy atom. The highest BCUT2D eigenvalue weighted by Crippen LogP contribution is 2.37. The minimum Gasteiger partial charge on any atom is -0.493 e. The molecule has 1 heterocycles. The van der Waals surface area contributed by atoms with Crippen LogP contribution in [-0.2, 0) is 10.3 Å². The molecule has 1 aliphatic heterocycles. The lowest BCUT2D eigenvalue weighted by Crippen LogP contribution is -2.49. The van der Waals surface area contributed by atoms with Crippen molar-refractivity contribution in [1.82, 2.24) is 5.32 Å². The van der Waals surface area contributed by atoms with E-state index in [0.717, 1.165) is 10.0 Å². The van der Waals surface area contributed by atoms with E-state index in [2.05, 4.69) is 21.2 Å². The SMILES string of the molecule is COc1cc(C(=O)NC2(c3cccc(Br)c3)CCOCC2)cc(Cl)c1OC. The van der Waals surface area contributed by atoms with E-state index in [1.807, 2.05) is 24.3 Å². The molecule has 1 fully saturated rings. The monoisotopic (exact) mass is 453 g/mol. The predicted molar refractivity (Wildman–Crippen MR) is 108 cm³/mol. The first kappa shape index (κ1) is 20.0. The third-order valence-corrected chi connectivity index (χ3v) is 5.55. The predicted octanol–water partition coefficient (Wildman–Crippen LogP) is 4.56. The number of hydrogen-bond acceptors (Lipinski definition) is 4. The molecule has 0 atom stereocenters. The number of amides is 1. The van der Waals surface area contributed by atoms with Crippen LogP contribution in [-0.4, -0.2) is 33.3 Å². The van der Waals surface area contributed by atoms with Gasteiger partial charge in [0.15, 0.2) is 11.5 Å². The van der Waals surface area contributed by atoms with Gasteiger partial charge in [-0.2, -0.15) is 0 Å². The van der Waals surface area contributed by atoms with Crippen LogP contribution in [0.2, 0.25) is 5.02 Å². The largest absolute Gasteiger partial charge is 0.493 e. The average molecular weight is 455 g/mol. The molecule has 1 N–H and O–H groups in total. The van der Waals surface area contributed by atoms with E-state index >= 15 is 0 Å². The van der Waals surface area contributed by atoms with Gasteiger partial charge in [-0.3, -0.25) is 4.79 Å². The number of rotatable bonds is 5. The Bertz CT molecular complexity index is 837. The van der Waals surface area contributed by atoms with Gasteiger partial charge < -0.3 is 19.5 Å². The zero-order valence-electron chi connectivity index (χ0n) is 15.2. The normalized spacial score (nSPS) is 15.9. The Morgan fingerprint density at radius 1 is 1.19 bits per heavy atom. The highest BCUT2D eigenvalue weighted by molar-refractivity contribution is 9.10. The summed E-state index contributed by atoms with van der Waals surface area (Å²) in [4.78, 5) is 13.1. The Kier molecular flexibility index (Phi) is 6.29. The first-order valence-electron chi connectivity index (χ1n) is 8.57. The van der Waals surface area contributed by atoms with Gasteiger partial charge in [0.25, 0.3) is 5.91 Å². The summed E-state index contributed by atoms with van der Waals surface area (Å²) < 4.78 is 17.0. The second-order valence-corrected chi connectivity index (χ2v) is 7.68. The first-order valence-corrected chi connectivity index (χ1v) is 9.74. The lowest BCUT2D eigenvalue weighted by molar-refractivity contribution is 0.0345. The molecule has 0 unspecified atom stereocenters. The van der Waals surface area contributed by atoms with Crippen molar-refractivity contribution in [3.05, 3.63) is 57.0 Å². The lowest BCUT2D eigenvalue weighted by Gasteiger charge is -2.38. The molecule has 1 aliphatic rings. The van der Waals surface area contributed by atoms with E-state index in [9.17, 15) is 4.79 Å². The molecule has 2 aromatic carbocycles. The Labute approximate surface area is 172 Å². The smallest absolute Gasteiger partial charge is 0.252 e. The van der Waals surface area contributed by atoms with E-state index in [0.29, 0.717) is 48.1 Å². The molecule has 0 spiro atoms. The van der Waals surface area contributed by atoms with Gasteiger partial charge >= 0.3 is 0 Å². The molecule has 0 saturated carbocycles. The van der Waals surface area contributed by atoms with Crippen LogP contribution >= 0.6 is 27.5 Å². The zero-order valence-corrected chi connectivity index (χ0v) is 17.5. The second kappa shape index (κ2) is 8.50. The van der Waals surface area contributed by atoms with Gasteiger partial charge in [0.2, 0.25) is 0 Å². The van der Waals surface area contributed by atoms with E-state index in [1.165, 1.54) is 14.2 Å².